The number of benzene rings is 1. The van der Waals surface area contributed by atoms with Gasteiger partial charge < -0.3 is 11.1 Å². The molecule has 74 valence electrons. The predicted molar refractivity (Wildman–Crippen MR) is 54.3 cm³/mol. The first-order chi connectivity index (χ1) is 6.50. The molecule has 0 bridgehead atoms. The number of amides is 2. The van der Waals surface area contributed by atoms with Crippen LogP contribution in [0.2, 0.25) is 5.02 Å². The molecule has 4 nitrogen and oxygen atoms in total. The molecule has 1 rings (SSSR count). The fraction of sp³-hybridized carbons (Fsp3) is 0.111. The minimum absolute atomic E-state index is 0.202. The van der Waals surface area contributed by atoms with Gasteiger partial charge in [0.25, 0.3) is 5.91 Å². The fourth-order valence-corrected chi connectivity index (χ4v) is 1.19. The summed E-state index contributed by atoms with van der Waals surface area (Å²) in [6, 6.07) is 4.51. The molecule has 0 fully saturated rings. The third kappa shape index (κ3) is 2.47. The zero-order chi connectivity index (χ0) is 10.7. The molecule has 3 N–H and O–H groups in total. The lowest BCUT2D eigenvalue weighted by molar-refractivity contribution is -0.114. The largest absolute Gasteiger partial charge is 0.366 e. The summed E-state index contributed by atoms with van der Waals surface area (Å²) >= 11 is 5.68. The Hall–Kier alpha value is -1.55. The number of nitrogens with one attached hydrogen (secondary N) is 1. The number of rotatable bonds is 2. The van der Waals surface area contributed by atoms with Crippen molar-refractivity contribution in [2.24, 2.45) is 5.73 Å². The Bertz CT molecular complexity index is 390. The van der Waals surface area contributed by atoms with Crippen LogP contribution < -0.4 is 11.1 Å². The lowest BCUT2D eigenvalue weighted by Crippen LogP contribution is -2.16. The Morgan fingerprint density at radius 1 is 1.43 bits per heavy atom. The molecular weight excluding hydrogens is 204 g/mol. The number of carbonyl (C=O) groups excluding carboxylic acids is 2. The first-order valence-corrected chi connectivity index (χ1v) is 4.25. The molecule has 0 saturated carbocycles. The standard InChI is InChI=1S/C9H9ClN2O2/c1-5(13)12-8-3-2-6(10)4-7(8)9(11)14/h2-4H,1H3,(H2,11,14)(H,12,13). The quantitative estimate of drug-likeness (QED) is 0.778. The molecule has 0 aromatic heterocycles. The SMILES string of the molecule is CC(=O)Nc1ccc(Cl)cc1C(N)=O. The molecular formula is C9H9ClN2O2. The van der Waals surface area contributed by atoms with E-state index in [4.69, 9.17) is 17.3 Å². The first kappa shape index (κ1) is 10.5. The number of hydrogen-bond acceptors (Lipinski definition) is 2. The Labute approximate surface area is 86.0 Å². The normalized spacial score (nSPS) is 9.57. The van der Waals surface area contributed by atoms with Crippen LogP contribution in [0, 0.1) is 0 Å². The van der Waals surface area contributed by atoms with Crippen LogP contribution in [0.1, 0.15) is 17.3 Å². The second kappa shape index (κ2) is 4.11. The van der Waals surface area contributed by atoms with E-state index in [1.54, 1.807) is 6.07 Å². The van der Waals surface area contributed by atoms with Crippen LogP contribution in [-0.4, -0.2) is 11.8 Å². The van der Waals surface area contributed by atoms with E-state index in [0.717, 1.165) is 0 Å². The number of halogens is 1. The third-order valence-electron chi connectivity index (χ3n) is 1.56. The zero-order valence-corrected chi connectivity index (χ0v) is 8.26. The smallest absolute Gasteiger partial charge is 0.250 e. The highest BCUT2D eigenvalue weighted by atomic mass is 35.5. The van der Waals surface area contributed by atoms with Crippen molar-refractivity contribution in [2.45, 2.75) is 6.92 Å². The van der Waals surface area contributed by atoms with Crippen molar-refractivity contribution in [3.05, 3.63) is 28.8 Å². The minimum Gasteiger partial charge on any atom is -0.366 e. The van der Waals surface area contributed by atoms with Gasteiger partial charge in [-0.3, -0.25) is 9.59 Å². The molecule has 0 atom stereocenters. The van der Waals surface area contributed by atoms with E-state index >= 15 is 0 Å². The maximum atomic E-state index is 11.0. The van der Waals surface area contributed by atoms with E-state index in [0.29, 0.717) is 10.7 Å². The van der Waals surface area contributed by atoms with Gasteiger partial charge >= 0.3 is 0 Å². The molecule has 0 spiro atoms. The molecule has 0 saturated heterocycles. The Morgan fingerprint density at radius 3 is 2.57 bits per heavy atom. The van der Waals surface area contributed by atoms with Crippen LogP contribution in [0.4, 0.5) is 5.69 Å². The fourth-order valence-electron chi connectivity index (χ4n) is 1.02. The summed E-state index contributed by atoms with van der Waals surface area (Å²) in [6.45, 7) is 1.35. The van der Waals surface area contributed by atoms with Crippen LogP contribution >= 0.6 is 11.6 Å². The summed E-state index contributed by atoms with van der Waals surface area (Å²) in [5, 5.41) is 2.88. The topological polar surface area (TPSA) is 72.2 Å². The molecule has 1 aromatic rings. The highest BCUT2D eigenvalue weighted by molar-refractivity contribution is 6.31. The lowest BCUT2D eigenvalue weighted by atomic mass is 10.1. The highest BCUT2D eigenvalue weighted by Gasteiger charge is 2.09. The minimum atomic E-state index is -0.628. The molecule has 0 unspecified atom stereocenters. The predicted octanol–water partition coefficient (Wildman–Crippen LogP) is 1.40. The Kier molecular flexibility index (Phi) is 3.09. The summed E-state index contributed by atoms with van der Waals surface area (Å²) in [6.07, 6.45) is 0. The summed E-state index contributed by atoms with van der Waals surface area (Å²) < 4.78 is 0. The van der Waals surface area contributed by atoms with Crippen LogP contribution in [0.3, 0.4) is 0 Å². The van der Waals surface area contributed by atoms with Crippen molar-refractivity contribution in [3.8, 4) is 0 Å². The van der Waals surface area contributed by atoms with Gasteiger partial charge in [0.2, 0.25) is 5.91 Å². The second-order valence-corrected chi connectivity index (χ2v) is 3.17. The molecule has 14 heavy (non-hydrogen) atoms. The van der Waals surface area contributed by atoms with E-state index in [9.17, 15) is 9.59 Å². The van der Waals surface area contributed by atoms with Gasteiger partial charge in [-0.1, -0.05) is 11.6 Å². The maximum absolute atomic E-state index is 11.0. The monoisotopic (exact) mass is 212 g/mol. The number of nitrogens with two attached hydrogens (primary N) is 1. The van der Waals surface area contributed by atoms with Gasteiger partial charge in [-0.25, -0.2) is 0 Å². The van der Waals surface area contributed by atoms with Gasteiger partial charge in [0, 0.05) is 11.9 Å². The maximum Gasteiger partial charge on any atom is 0.250 e. The average molecular weight is 213 g/mol. The molecule has 0 aliphatic rings. The van der Waals surface area contributed by atoms with Gasteiger partial charge in [-0.15, -0.1) is 0 Å². The van der Waals surface area contributed by atoms with Gasteiger partial charge in [0.1, 0.15) is 0 Å². The van der Waals surface area contributed by atoms with Gasteiger partial charge in [0.05, 0.1) is 11.3 Å². The van der Waals surface area contributed by atoms with E-state index in [-0.39, 0.29) is 11.5 Å². The number of hydrogen-bond donors (Lipinski definition) is 2. The van der Waals surface area contributed by atoms with Crippen molar-refractivity contribution in [3.63, 3.8) is 0 Å². The summed E-state index contributed by atoms with van der Waals surface area (Å²) in [5.74, 6) is -0.897. The van der Waals surface area contributed by atoms with E-state index in [2.05, 4.69) is 5.32 Å². The van der Waals surface area contributed by atoms with Crippen LogP contribution in [0.25, 0.3) is 0 Å². The lowest BCUT2D eigenvalue weighted by Gasteiger charge is -2.06. The van der Waals surface area contributed by atoms with E-state index in [1.165, 1.54) is 19.1 Å². The van der Waals surface area contributed by atoms with Crippen molar-refractivity contribution < 1.29 is 9.59 Å². The van der Waals surface area contributed by atoms with Crippen molar-refractivity contribution in [2.75, 3.05) is 5.32 Å². The Morgan fingerprint density at radius 2 is 2.07 bits per heavy atom. The molecule has 0 heterocycles. The molecule has 1 aromatic carbocycles. The van der Waals surface area contributed by atoms with Gasteiger partial charge in [-0.2, -0.15) is 0 Å². The van der Waals surface area contributed by atoms with Crippen molar-refractivity contribution in [1.29, 1.82) is 0 Å². The highest BCUT2D eigenvalue weighted by Crippen LogP contribution is 2.20. The summed E-state index contributed by atoms with van der Waals surface area (Å²) in [7, 11) is 0. The average Bonchev–Trinajstić information content (AvgIpc) is 2.07. The first-order valence-electron chi connectivity index (χ1n) is 3.87. The summed E-state index contributed by atoms with van der Waals surface area (Å²) in [5.41, 5.74) is 5.68. The number of primary amides is 1. The van der Waals surface area contributed by atoms with Gasteiger partial charge in [-0.05, 0) is 18.2 Å². The number of anilines is 1. The molecule has 5 heteroatoms. The Balaban J connectivity index is 3.14. The molecule has 0 aliphatic carbocycles. The van der Waals surface area contributed by atoms with Crippen molar-refractivity contribution >= 4 is 29.1 Å². The van der Waals surface area contributed by atoms with Crippen LogP contribution in [0.15, 0.2) is 18.2 Å². The second-order valence-electron chi connectivity index (χ2n) is 2.74. The summed E-state index contributed by atoms with van der Waals surface area (Å²) in [4.78, 5) is 21.7. The zero-order valence-electron chi connectivity index (χ0n) is 7.50. The van der Waals surface area contributed by atoms with Gasteiger partial charge in [0.15, 0.2) is 0 Å². The van der Waals surface area contributed by atoms with Crippen molar-refractivity contribution in [1.82, 2.24) is 0 Å². The third-order valence-corrected chi connectivity index (χ3v) is 1.79. The molecule has 2 amide bonds. The molecule has 0 radical (unpaired) electrons. The molecule has 0 aliphatic heterocycles. The van der Waals surface area contributed by atoms with E-state index < -0.39 is 5.91 Å². The van der Waals surface area contributed by atoms with Crippen LogP contribution in [-0.2, 0) is 4.79 Å². The van der Waals surface area contributed by atoms with Crippen LogP contribution in [0.5, 0.6) is 0 Å². The van der Waals surface area contributed by atoms with E-state index in [1.807, 2.05) is 0 Å². The number of carbonyl (C=O) groups is 2.